The monoisotopic (exact) mass is 276 g/mol. The van der Waals surface area contributed by atoms with Crippen molar-refractivity contribution in [2.45, 2.75) is 19.9 Å². The Kier molecular flexibility index (Phi) is 8.90. The number of carbonyl (C=O) groups is 2. The van der Waals surface area contributed by atoms with Crippen molar-refractivity contribution in [3.8, 4) is 0 Å². The molecule has 0 radical (unpaired) electrons. The Morgan fingerprint density at radius 2 is 1.89 bits per heavy atom. The number of aliphatic carboxylic acids is 1. The lowest BCUT2D eigenvalue weighted by molar-refractivity contribution is -0.140. The minimum absolute atomic E-state index is 0.0946. The molecule has 0 heterocycles. The van der Waals surface area contributed by atoms with Gasteiger partial charge in [-0.05, 0) is 6.92 Å². The topological polar surface area (TPSA) is 88.1 Å². The van der Waals surface area contributed by atoms with Crippen LogP contribution in [0.3, 0.4) is 0 Å². The van der Waals surface area contributed by atoms with Crippen molar-refractivity contribution in [3.05, 3.63) is 0 Å². The summed E-state index contributed by atoms with van der Waals surface area (Å²) in [6, 6.07) is -0.421. The van der Waals surface area contributed by atoms with Gasteiger partial charge in [-0.3, -0.25) is 4.79 Å². The number of nitrogens with zero attached hydrogens (tertiary/aromatic N) is 1. The largest absolute Gasteiger partial charge is 0.481 e. The van der Waals surface area contributed by atoms with Crippen LogP contribution in [0.1, 0.15) is 13.8 Å². The van der Waals surface area contributed by atoms with Crippen LogP contribution in [0, 0.1) is 5.92 Å². The van der Waals surface area contributed by atoms with Crippen molar-refractivity contribution in [2.75, 3.05) is 40.5 Å². The zero-order valence-electron chi connectivity index (χ0n) is 12.0. The molecule has 0 aliphatic rings. The molecule has 0 aromatic heterocycles. The van der Waals surface area contributed by atoms with Gasteiger partial charge in [-0.15, -0.1) is 0 Å². The number of hydrogen-bond donors (Lipinski definition) is 2. The molecule has 0 saturated carbocycles. The van der Waals surface area contributed by atoms with Gasteiger partial charge in [-0.1, -0.05) is 6.92 Å². The fraction of sp³-hybridized carbons (Fsp3) is 0.833. The van der Waals surface area contributed by atoms with Crippen LogP contribution in [0.4, 0.5) is 4.79 Å². The van der Waals surface area contributed by atoms with Gasteiger partial charge >= 0.3 is 12.0 Å². The molecule has 2 atom stereocenters. The first-order valence-corrected chi connectivity index (χ1v) is 6.19. The van der Waals surface area contributed by atoms with Gasteiger partial charge in [0.15, 0.2) is 0 Å². The van der Waals surface area contributed by atoms with Crippen LogP contribution in [0.5, 0.6) is 0 Å². The number of ether oxygens (including phenoxy) is 2. The van der Waals surface area contributed by atoms with E-state index in [4.69, 9.17) is 14.6 Å². The minimum atomic E-state index is -0.936. The third-order valence-electron chi connectivity index (χ3n) is 2.72. The molecule has 0 spiro atoms. The first-order valence-electron chi connectivity index (χ1n) is 6.19. The van der Waals surface area contributed by atoms with Crippen LogP contribution in [0.15, 0.2) is 0 Å². The Bertz CT molecular complexity index is 285. The summed E-state index contributed by atoms with van der Waals surface area (Å²) in [6.45, 7) is 4.74. The van der Waals surface area contributed by atoms with Gasteiger partial charge in [0.25, 0.3) is 0 Å². The molecule has 0 bridgehead atoms. The van der Waals surface area contributed by atoms with E-state index in [0.29, 0.717) is 19.8 Å². The highest BCUT2D eigenvalue weighted by atomic mass is 16.5. The van der Waals surface area contributed by atoms with Gasteiger partial charge in [0.2, 0.25) is 0 Å². The molecule has 2 N–H and O–H groups in total. The Morgan fingerprint density at radius 1 is 1.26 bits per heavy atom. The third-order valence-corrected chi connectivity index (χ3v) is 2.72. The predicted molar refractivity (Wildman–Crippen MR) is 70.1 cm³/mol. The highest BCUT2D eigenvalue weighted by molar-refractivity contribution is 5.76. The molecular weight excluding hydrogens is 252 g/mol. The van der Waals surface area contributed by atoms with E-state index in [1.807, 2.05) is 6.92 Å². The number of urea groups is 1. The second-order valence-corrected chi connectivity index (χ2v) is 4.42. The van der Waals surface area contributed by atoms with Crippen molar-refractivity contribution in [3.63, 3.8) is 0 Å². The van der Waals surface area contributed by atoms with E-state index < -0.39 is 11.9 Å². The third kappa shape index (κ3) is 6.97. The first kappa shape index (κ1) is 17.7. The van der Waals surface area contributed by atoms with Crippen molar-refractivity contribution in [1.82, 2.24) is 10.2 Å². The quantitative estimate of drug-likeness (QED) is 0.636. The summed E-state index contributed by atoms with van der Waals surface area (Å²) < 4.78 is 9.98. The molecule has 2 amide bonds. The Labute approximate surface area is 113 Å². The number of rotatable bonds is 9. The van der Waals surface area contributed by atoms with Crippen LogP contribution in [-0.2, 0) is 14.3 Å². The number of amides is 2. The molecule has 0 aliphatic heterocycles. The average molecular weight is 276 g/mol. The molecule has 0 aliphatic carbocycles. The predicted octanol–water partition coefficient (Wildman–Crippen LogP) is 0.400. The Hall–Kier alpha value is -1.34. The summed E-state index contributed by atoms with van der Waals surface area (Å²) in [5.41, 5.74) is 0. The standard InChI is InChI=1S/C12H24N2O5/c1-9(11(15)16)7-13-12(17)14(5-6-18-3)10(2)8-19-4/h9-10H,5-8H2,1-4H3,(H,13,17)(H,15,16). The van der Waals surface area contributed by atoms with Crippen molar-refractivity contribution in [1.29, 1.82) is 0 Å². The number of carbonyl (C=O) groups excluding carboxylic acids is 1. The molecule has 2 unspecified atom stereocenters. The summed E-state index contributed by atoms with van der Waals surface area (Å²) in [5.74, 6) is -1.56. The fourth-order valence-corrected chi connectivity index (χ4v) is 1.47. The minimum Gasteiger partial charge on any atom is -0.481 e. The second kappa shape index (κ2) is 9.57. The van der Waals surface area contributed by atoms with Crippen LogP contribution in [0.2, 0.25) is 0 Å². The molecule has 0 aromatic carbocycles. The lowest BCUT2D eigenvalue weighted by Gasteiger charge is -2.29. The van der Waals surface area contributed by atoms with Gasteiger partial charge in [0, 0.05) is 27.3 Å². The van der Waals surface area contributed by atoms with E-state index in [1.54, 1.807) is 26.0 Å². The van der Waals surface area contributed by atoms with Crippen LogP contribution < -0.4 is 5.32 Å². The van der Waals surface area contributed by atoms with E-state index in [-0.39, 0.29) is 18.6 Å². The molecule has 7 nitrogen and oxygen atoms in total. The second-order valence-electron chi connectivity index (χ2n) is 4.42. The number of carboxylic acid groups (broad SMARTS) is 1. The molecule has 0 aromatic rings. The van der Waals surface area contributed by atoms with E-state index in [9.17, 15) is 9.59 Å². The molecule has 7 heteroatoms. The maximum atomic E-state index is 12.0. The smallest absolute Gasteiger partial charge is 0.317 e. The van der Waals surface area contributed by atoms with Gasteiger partial charge in [-0.2, -0.15) is 0 Å². The van der Waals surface area contributed by atoms with Crippen LogP contribution in [-0.4, -0.2) is 68.6 Å². The summed E-state index contributed by atoms with van der Waals surface area (Å²) in [6.07, 6.45) is 0. The van der Waals surface area contributed by atoms with Gasteiger partial charge in [-0.25, -0.2) is 4.79 Å². The molecular formula is C12H24N2O5. The van der Waals surface area contributed by atoms with E-state index >= 15 is 0 Å². The summed E-state index contributed by atoms with van der Waals surface area (Å²) >= 11 is 0. The number of hydrogen-bond acceptors (Lipinski definition) is 4. The Morgan fingerprint density at radius 3 is 2.37 bits per heavy atom. The number of carboxylic acids is 1. The van der Waals surface area contributed by atoms with E-state index in [2.05, 4.69) is 5.32 Å². The lowest BCUT2D eigenvalue weighted by atomic mass is 10.2. The maximum absolute atomic E-state index is 12.0. The molecule has 0 rings (SSSR count). The fourth-order valence-electron chi connectivity index (χ4n) is 1.47. The van der Waals surface area contributed by atoms with E-state index in [0.717, 1.165) is 0 Å². The first-order chi connectivity index (χ1) is 8.93. The summed E-state index contributed by atoms with van der Waals surface area (Å²) in [7, 11) is 3.12. The number of methoxy groups -OCH3 is 2. The maximum Gasteiger partial charge on any atom is 0.317 e. The Balaban J connectivity index is 4.40. The summed E-state index contributed by atoms with van der Waals surface area (Å²) in [4.78, 5) is 24.3. The average Bonchev–Trinajstić information content (AvgIpc) is 2.36. The van der Waals surface area contributed by atoms with Gasteiger partial charge in [0.1, 0.15) is 0 Å². The van der Waals surface area contributed by atoms with Crippen LogP contribution in [0.25, 0.3) is 0 Å². The van der Waals surface area contributed by atoms with E-state index in [1.165, 1.54) is 0 Å². The zero-order valence-corrected chi connectivity index (χ0v) is 12.0. The lowest BCUT2D eigenvalue weighted by Crippen LogP contribution is -2.49. The van der Waals surface area contributed by atoms with Crippen molar-refractivity contribution in [2.24, 2.45) is 5.92 Å². The van der Waals surface area contributed by atoms with Crippen LogP contribution >= 0.6 is 0 Å². The normalized spacial score (nSPS) is 13.7. The van der Waals surface area contributed by atoms with Crippen molar-refractivity contribution >= 4 is 12.0 Å². The van der Waals surface area contributed by atoms with Gasteiger partial charge < -0.3 is 24.8 Å². The highest BCUT2D eigenvalue weighted by Crippen LogP contribution is 2.01. The highest BCUT2D eigenvalue weighted by Gasteiger charge is 2.21. The SMILES string of the molecule is COCCN(C(=O)NCC(C)C(=O)O)C(C)COC. The number of nitrogens with one attached hydrogen (secondary N) is 1. The summed E-state index contributed by atoms with van der Waals surface area (Å²) in [5, 5.41) is 11.4. The molecule has 112 valence electrons. The molecule has 0 saturated heterocycles. The van der Waals surface area contributed by atoms with Gasteiger partial charge in [0.05, 0.1) is 25.2 Å². The zero-order chi connectivity index (χ0) is 14.8. The van der Waals surface area contributed by atoms with Crippen molar-refractivity contribution < 1.29 is 24.2 Å². The molecule has 0 fully saturated rings. The molecule has 19 heavy (non-hydrogen) atoms.